The molecule has 0 radical (unpaired) electrons. The van der Waals surface area contributed by atoms with Crippen LogP contribution in [0.3, 0.4) is 0 Å². The first kappa shape index (κ1) is 28.7. The van der Waals surface area contributed by atoms with E-state index in [-0.39, 0.29) is 5.96 Å². The van der Waals surface area contributed by atoms with Gasteiger partial charge in [-0.15, -0.1) is 0 Å². The molecule has 212 valence electrons. The van der Waals surface area contributed by atoms with Gasteiger partial charge in [-0.2, -0.15) is 4.99 Å². The summed E-state index contributed by atoms with van der Waals surface area (Å²) >= 11 is 0. The fourth-order valence-electron chi connectivity index (χ4n) is 4.88. The Kier molecular flexibility index (Phi) is 9.47. The molecule has 0 spiro atoms. The molecule has 0 bridgehead atoms. The lowest BCUT2D eigenvalue weighted by atomic mass is 10.1. The van der Waals surface area contributed by atoms with Gasteiger partial charge in [0.2, 0.25) is 5.75 Å². The van der Waals surface area contributed by atoms with Gasteiger partial charge in [0.25, 0.3) is 5.91 Å². The molecule has 1 saturated heterocycles. The number of piperazine rings is 1. The fourth-order valence-corrected chi connectivity index (χ4v) is 4.88. The number of hydrogen-bond acceptors (Lipinski definition) is 7. The van der Waals surface area contributed by atoms with E-state index < -0.39 is 5.91 Å². The second kappa shape index (κ2) is 13.2. The number of methoxy groups -OCH3 is 3. The van der Waals surface area contributed by atoms with E-state index in [0.717, 1.165) is 67.3 Å². The fraction of sp³-hybridized carbons (Fsp3) is 0.333. The molecule has 40 heavy (non-hydrogen) atoms. The number of nitrogens with zero attached hydrogens (tertiary/aromatic N) is 3. The molecule has 0 saturated carbocycles. The summed E-state index contributed by atoms with van der Waals surface area (Å²) in [6.07, 6.45) is 0. The summed E-state index contributed by atoms with van der Waals surface area (Å²) in [6, 6.07) is 17.5. The number of carbonyl (C=O) groups excluding carboxylic acids is 1. The Hall–Kier alpha value is -4.28. The molecule has 1 fully saturated rings. The molecule has 1 aliphatic rings. The summed E-state index contributed by atoms with van der Waals surface area (Å²) < 4.78 is 16.6. The van der Waals surface area contributed by atoms with Gasteiger partial charge in [0.15, 0.2) is 17.5 Å². The monoisotopic (exact) mass is 546 g/mol. The van der Waals surface area contributed by atoms with Crippen LogP contribution in [0.15, 0.2) is 59.6 Å². The lowest BCUT2D eigenvalue weighted by molar-refractivity contribution is 0.100. The largest absolute Gasteiger partial charge is 0.493 e. The predicted molar refractivity (Wildman–Crippen MR) is 158 cm³/mol. The number of nitrogens with two attached hydrogens (primary N) is 2. The Morgan fingerprint density at radius 3 is 2.05 bits per heavy atom. The van der Waals surface area contributed by atoms with E-state index in [0.29, 0.717) is 22.8 Å². The van der Waals surface area contributed by atoms with Gasteiger partial charge in [-0.05, 0) is 42.3 Å². The van der Waals surface area contributed by atoms with Gasteiger partial charge >= 0.3 is 0 Å². The second-order valence-corrected chi connectivity index (χ2v) is 9.70. The van der Waals surface area contributed by atoms with Gasteiger partial charge in [0, 0.05) is 61.8 Å². The van der Waals surface area contributed by atoms with E-state index >= 15 is 0 Å². The Labute approximate surface area is 235 Å². The highest BCUT2D eigenvalue weighted by Gasteiger charge is 2.22. The Morgan fingerprint density at radius 2 is 1.45 bits per heavy atom. The van der Waals surface area contributed by atoms with Crippen molar-refractivity contribution in [1.82, 2.24) is 9.80 Å². The maximum atomic E-state index is 12.5. The van der Waals surface area contributed by atoms with Crippen LogP contribution in [0.2, 0.25) is 0 Å². The summed E-state index contributed by atoms with van der Waals surface area (Å²) in [5.74, 6) is 1.22. The summed E-state index contributed by atoms with van der Waals surface area (Å²) in [7, 11) is 4.89. The topological polar surface area (TPSA) is 128 Å². The first-order valence-corrected chi connectivity index (χ1v) is 13.1. The number of nitrogens with one attached hydrogen (secondary N) is 1. The quantitative estimate of drug-likeness (QED) is 0.259. The van der Waals surface area contributed by atoms with Crippen LogP contribution in [0.25, 0.3) is 0 Å². The van der Waals surface area contributed by atoms with E-state index in [1.165, 1.54) is 0 Å². The minimum Gasteiger partial charge on any atom is -0.493 e. The molecular formula is C30H38N6O4. The van der Waals surface area contributed by atoms with Gasteiger partial charge in [-0.1, -0.05) is 30.3 Å². The highest BCUT2D eigenvalue weighted by Crippen LogP contribution is 2.40. The molecule has 5 N–H and O–H groups in total. The molecule has 10 heteroatoms. The highest BCUT2D eigenvalue weighted by atomic mass is 16.5. The second-order valence-electron chi connectivity index (χ2n) is 9.70. The average Bonchev–Trinajstić information content (AvgIpc) is 2.95. The standard InChI is InChI=1S/C30H38N6O4/c1-20-7-5-6-8-24(20)33-25-17-21(29(37)34-30(31)32)9-10-22(25)18-35-13-15-36(16-14-35)19-23-11-12-26(38-2)28(40-4)27(23)39-3/h5-12,17,33H,13-16,18-19H2,1-4H3,(H4,31,32,34,37). The number of guanidine groups is 1. The number of amides is 1. The number of benzene rings is 3. The number of para-hydroxylation sites is 1. The third-order valence-electron chi connectivity index (χ3n) is 7.04. The zero-order valence-electron chi connectivity index (χ0n) is 23.6. The van der Waals surface area contributed by atoms with Crippen molar-refractivity contribution in [2.24, 2.45) is 16.5 Å². The summed E-state index contributed by atoms with van der Waals surface area (Å²) in [5.41, 5.74) is 16.3. The first-order valence-electron chi connectivity index (χ1n) is 13.1. The van der Waals surface area contributed by atoms with E-state index in [4.69, 9.17) is 25.7 Å². The van der Waals surface area contributed by atoms with Crippen molar-refractivity contribution in [3.63, 3.8) is 0 Å². The van der Waals surface area contributed by atoms with E-state index in [1.54, 1.807) is 27.4 Å². The Balaban J connectivity index is 1.47. The van der Waals surface area contributed by atoms with Crippen molar-refractivity contribution < 1.29 is 19.0 Å². The zero-order chi connectivity index (χ0) is 28.6. The van der Waals surface area contributed by atoms with Crippen molar-refractivity contribution in [2.75, 3.05) is 52.8 Å². The van der Waals surface area contributed by atoms with Crippen LogP contribution in [0, 0.1) is 6.92 Å². The number of ether oxygens (including phenoxy) is 3. The molecule has 1 aliphatic heterocycles. The minimum absolute atomic E-state index is 0.258. The third-order valence-corrected chi connectivity index (χ3v) is 7.04. The van der Waals surface area contributed by atoms with Crippen LogP contribution in [-0.2, 0) is 13.1 Å². The van der Waals surface area contributed by atoms with Gasteiger partial charge in [-0.3, -0.25) is 14.6 Å². The lowest BCUT2D eigenvalue weighted by Gasteiger charge is -2.35. The van der Waals surface area contributed by atoms with Gasteiger partial charge in [0.05, 0.1) is 21.3 Å². The molecule has 0 unspecified atom stereocenters. The van der Waals surface area contributed by atoms with E-state index in [9.17, 15) is 4.79 Å². The number of carbonyl (C=O) groups is 1. The smallest absolute Gasteiger partial charge is 0.280 e. The zero-order valence-corrected chi connectivity index (χ0v) is 23.6. The molecule has 3 aromatic rings. The molecule has 0 aliphatic carbocycles. The number of hydrogen-bond donors (Lipinski definition) is 3. The summed E-state index contributed by atoms with van der Waals surface area (Å²) in [4.78, 5) is 21.0. The number of aryl methyl sites for hydroxylation is 1. The molecule has 1 amide bonds. The first-order chi connectivity index (χ1) is 19.3. The Morgan fingerprint density at radius 1 is 0.825 bits per heavy atom. The molecule has 0 atom stereocenters. The van der Waals surface area contributed by atoms with Crippen LogP contribution in [0.5, 0.6) is 17.2 Å². The van der Waals surface area contributed by atoms with E-state index in [1.807, 2.05) is 55.5 Å². The van der Waals surface area contributed by atoms with Crippen LogP contribution in [0.1, 0.15) is 27.0 Å². The number of anilines is 2. The van der Waals surface area contributed by atoms with Crippen LogP contribution < -0.4 is 31.0 Å². The maximum absolute atomic E-state index is 12.5. The predicted octanol–water partition coefficient (Wildman–Crippen LogP) is 3.50. The highest BCUT2D eigenvalue weighted by molar-refractivity contribution is 6.02. The molecule has 0 aromatic heterocycles. The lowest BCUT2D eigenvalue weighted by Crippen LogP contribution is -2.45. The SMILES string of the molecule is COc1ccc(CN2CCN(Cc3ccc(C(=O)N=C(N)N)cc3Nc3ccccc3C)CC2)c(OC)c1OC. The maximum Gasteiger partial charge on any atom is 0.280 e. The van der Waals surface area contributed by atoms with Crippen LogP contribution in [-0.4, -0.2) is 69.2 Å². The van der Waals surface area contributed by atoms with Crippen molar-refractivity contribution in [3.8, 4) is 17.2 Å². The van der Waals surface area contributed by atoms with Crippen molar-refractivity contribution in [2.45, 2.75) is 20.0 Å². The molecule has 1 heterocycles. The van der Waals surface area contributed by atoms with Crippen LogP contribution in [0.4, 0.5) is 11.4 Å². The third kappa shape index (κ3) is 6.83. The van der Waals surface area contributed by atoms with Gasteiger partial charge in [-0.25, -0.2) is 0 Å². The summed E-state index contributed by atoms with van der Waals surface area (Å²) in [5, 5.41) is 3.52. The average molecular weight is 547 g/mol. The van der Waals surface area contributed by atoms with Crippen molar-refractivity contribution >= 4 is 23.2 Å². The van der Waals surface area contributed by atoms with Gasteiger partial charge in [0.1, 0.15) is 0 Å². The van der Waals surface area contributed by atoms with Crippen LogP contribution >= 0.6 is 0 Å². The van der Waals surface area contributed by atoms with Gasteiger partial charge < -0.3 is 31.0 Å². The van der Waals surface area contributed by atoms with Crippen molar-refractivity contribution in [1.29, 1.82) is 0 Å². The minimum atomic E-state index is -0.474. The normalized spacial score (nSPS) is 13.9. The molecule has 4 rings (SSSR count). The number of rotatable bonds is 10. The Bertz CT molecular complexity index is 1360. The molecule has 10 nitrogen and oxygen atoms in total. The van der Waals surface area contributed by atoms with Crippen molar-refractivity contribution in [3.05, 3.63) is 76.9 Å². The number of aliphatic imine (C=N–C) groups is 1. The molecule has 3 aromatic carbocycles. The summed E-state index contributed by atoms with van der Waals surface area (Å²) in [6.45, 7) is 7.13. The molecular weight excluding hydrogens is 508 g/mol. The van der Waals surface area contributed by atoms with E-state index in [2.05, 4.69) is 20.1 Å².